The minimum absolute atomic E-state index is 0.00840. The molecule has 1 amide bonds. The molecule has 0 spiro atoms. The van der Waals surface area contributed by atoms with Gasteiger partial charge in [-0.1, -0.05) is 25.6 Å². The van der Waals surface area contributed by atoms with Crippen LogP contribution in [0.15, 0.2) is 48.4 Å². The number of benzene rings is 1. The molecule has 3 saturated heterocycles. The number of carbonyl (C=O) groups is 1. The van der Waals surface area contributed by atoms with E-state index in [1.807, 2.05) is 17.0 Å². The van der Waals surface area contributed by atoms with Crippen LogP contribution in [0.5, 0.6) is 0 Å². The number of hydrogen-bond donors (Lipinski definition) is 1. The molecule has 1 N–H and O–H groups in total. The van der Waals surface area contributed by atoms with Gasteiger partial charge in [0.2, 0.25) is 0 Å². The lowest BCUT2D eigenvalue weighted by molar-refractivity contribution is -0.384. The average Bonchev–Trinajstić information content (AvgIpc) is 3.54. The third kappa shape index (κ3) is 4.86. The van der Waals surface area contributed by atoms with E-state index in [1.54, 1.807) is 25.3 Å². The molecule has 1 aromatic carbocycles. The van der Waals surface area contributed by atoms with E-state index >= 15 is 0 Å². The second-order valence-electron chi connectivity index (χ2n) is 9.42. The Labute approximate surface area is 206 Å². The van der Waals surface area contributed by atoms with Gasteiger partial charge in [-0.3, -0.25) is 14.9 Å². The zero-order valence-electron chi connectivity index (χ0n) is 20.0. The van der Waals surface area contributed by atoms with E-state index in [4.69, 9.17) is 13.8 Å². The molecule has 0 aromatic heterocycles. The van der Waals surface area contributed by atoms with Crippen molar-refractivity contribution in [2.75, 3.05) is 6.54 Å². The van der Waals surface area contributed by atoms with Gasteiger partial charge in [-0.15, -0.1) is 0 Å². The third-order valence-corrected chi connectivity index (χ3v) is 8.92. The lowest BCUT2D eigenvalue weighted by atomic mass is 10.0. The molecule has 5 rings (SSSR count). The molecule has 0 radical (unpaired) electrons. The summed E-state index contributed by atoms with van der Waals surface area (Å²) < 4.78 is 21.8. The lowest BCUT2D eigenvalue weighted by Crippen LogP contribution is -2.42. The summed E-state index contributed by atoms with van der Waals surface area (Å²) in [5.74, 6) is 0.359. The fraction of sp³-hybridized carbons (Fsp3) is 0.542. The number of rotatable bonds is 7. The zero-order valence-corrected chi connectivity index (χ0v) is 20.9. The molecule has 6 atom stereocenters. The van der Waals surface area contributed by atoms with E-state index < -0.39 is 8.53 Å². The minimum Gasteiger partial charge on any atom is -0.352 e. The number of ether oxygens (including phenoxy) is 1. The summed E-state index contributed by atoms with van der Waals surface area (Å²) in [5, 5.41) is 13.7. The largest absolute Gasteiger partial charge is 0.352 e. The Bertz CT molecular complexity index is 1030. The number of fused-ring (bicyclic) bond motifs is 1. The van der Waals surface area contributed by atoms with Crippen LogP contribution in [-0.4, -0.2) is 57.5 Å². The van der Waals surface area contributed by atoms with Crippen LogP contribution in [-0.2, 0) is 25.0 Å². The van der Waals surface area contributed by atoms with Gasteiger partial charge in [0.15, 0.2) is 0 Å². The van der Waals surface area contributed by atoms with Crippen molar-refractivity contribution in [2.24, 2.45) is 0 Å². The minimum atomic E-state index is -1.23. The van der Waals surface area contributed by atoms with E-state index in [0.29, 0.717) is 24.2 Å². The number of carbonyl (C=O) groups excluding carboxylic acids is 1. The number of amides is 1. The predicted molar refractivity (Wildman–Crippen MR) is 130 cm³/mol. The summed E-state index contributed by atoms with van der Waals surface area (Å²) in [4.78, 5) is 24.4. The van der Waals surface area contributed by atoms with Crippen molar-refractivity contribution in [3.8, 4) is 0 Å². The summed E-state index contributed by atoms with van der Waals surface area (Å²) in [6, 6.07) is 7.00. The second-order valence-corrected chi connectivity index (χ2v) is 10.8. The summed E-state index contributed by atoms with van der Waals surface area (Å²) in [5.41, 5.74) is 1.72. The van der Waals surface area contributed by atoms with Gasteiger partial charge in [0, 0.05) is 49.3 Å². The Morgan fingerprint density at radius 2 is 2.09 bits per heavy atom. The molecule has 0 aliphatic carbocycles. The van der Waals surface area contributed by atoms with Crippen LogP contribution < -0.4 is 5.32 Å². The van der Waals surface area contributed by atoms with Crippen LogP contribution in [0.2, 0.25) is 0 Å². The first-order chi connectivity index (χ1) is 16.8. The maximum Gasteiger partial charge on any atom is 0.269 e. The molecular weight excluding hydrogens is 471 g/mol. The maximum atomic E-state index is 11.9. The van der Waals surface area contributed by atoms with Gasteiger partial charge in [0.1, 0.15) is 12.0 Å². The van der Waals surface area contributed by atoms with Crippen LogP contribution in [0.3, 0.4) is 0 Å². The number of nitro groups is 1. The SMILES string of the molecule is C=C1NC(=O)C(C)=CN1[C@H]1C[C@@H](O[P@]2O[C@@H](Cc3ccc([N+](=O)[O-])cc3)[C@H]3CCCN32)[C@@H](CC)O1. The number of nitrogens with one attached hydrogen (secondary N) is 1. The first-order valence-electron chi connectivity index (χ1n) is 12.1. The molecule has 4 aliphatic heterocycles. The quantitative estimate of drug-likeness (QED) is 0.340. The number of non-ortho nitro benzene ring substituents is 1. The summed E-state index contributed by atoms with van der Waals surface area (Å²) in [6.45, 7) is 8.76. The molecule has 4 heterocycles. The van der Waals surface area contributed by atoms with Crippen LogP contribution in [0.4, 0.5) is 5.69 Å². The normalized spacial score (nSPS) is 33.1. The fourth-order valence-electron chi connectivity index (χ4n) is 5.21. The molecule has 0 saturated carbocycles. The topological polar surface area (TPSA) is 106 Å². The fourth-order valence-corrected chi connectivity index (χ4v) is 7.21. The van der Waals surface area contributed by atoms with Gasteiger partial charge < -0.3 is 24.0 Å². The number of nitrogens with zero attached hydrogens (tertiary/aromatic N) is 3. The molecule has 10 nitrogen and oxygen atoms in total. The first kappa shape index (κ1) is 24.3. The zero-order chi connectivity index (χ0) is 24.7. The van der Waals surface area contributed by atoms with E-state index in [0.717, 1.165) is 31.4 Å². The summed E-state index contributed by atoms with van der Waals surface area (Å²) in [6.07, 6.45) is 5.59. The van der Waals surface area contributed by atoms with Crippen LogP contribution in [0.25, 0.3) is 0 Å². The summed E-state index contributed by atoms with van der Waals surface area (Å²) >= 11 is 0. The van der Waals surface area contributed by atoms with Crippen molar-refractivity contribution in [1.82, 2.24) is 14.9 Å². The number of nitro benzene ring substituents is 1. The van der Waals surface area contributed by atoms with Gasteiger partial charge in [-0.2, -0.15) is 0 Å². The molecule has 11 heteroatoms. The highest BCUT2D eigenvalue weighted by molar-refractivity contribution is 7.45. The number of hydrogen-bond acceptors (Lipinski definition) is 8. The van der Waals surface area contributed by atoms with Crippen molar-refractivity contribution in [3.63, 3.8) is 0 Å². The lowest BCUT2D eigenvalue weighted by Gasteiger charge is -2.32. The van der Waals surface area contributed by atoms with Crippen LogP contribution in [0.1, 0.15) is 45.1 Å². The average molecular weight is 503 g/mol. The smallest absolute Gasteiger partial charge is 0.269 e. The second kappa shape index (κ2) is 9.95. The van der Waals surface area contributed by atoms with Crippen LogP contribution in [0, 0.1) is 10.1 Å². The molecule has 188 valence electrons. The van der Waals surface area contributed by atoms with E-state index in [-0.39, 0.29) is 47.1 Å². The maximum absolute atomic E-state index is 11.9. The van der Waals surface area contributed by atoms with Gasteiger partial charge in [0.25, 0.3) is 20.1 Å². The van der Waals surface area contributed by atoms with Crippen molar-refractivity contribution >= 4 is 20.1 Å². The Balaban J connectivity index is 1.25. The van der Waals surface area contributed by atoms with E-state index in [1.165, 1.54) is 0 Å². The summed E-state index contributed by atoms with van der Waals surface area (Å²) in [7, 11) is -1.23. The van der Waals surface area contributed by atoms with Gasteiger partial charge in [0.05, 0.1) is 23.2 Å². The van der Waals surface area contributed by atoms with Crippen molar-refractivity contribution in [2.45, 2.75) is 76.5 Å². The highest BCUT2D eigenvalue weighted by atomic mass is 31.2. The third-order valence-electron chi connectivity index (χ3n) is 7.10. The predicted octanol–water partition coefficient (Wildman–Crippen LogP) is 3.94. The highest BCUT2D eigenvalue weighted by Gasteiger charge is 2.49. The highest BCUT2D eigenvalue weighted by Crippen LogP contribution is 2.58. The Morgan fingerprint density at radius 3 is 2.80 bits per heavy atom. The molecule has 4 aliphatic rings. The molecule has 3 fully saturated rings. The molecule has 0 unspecified atom stereocenters. The van der Waals surface area contributed by atoms with Crippen LogP contribution >= 0.6 is 8.53 Å². The van der Waals surface area contributed by atoms with Crippen molar-refractivity contribution in [3.05, 3.63) is 64.1 Å². The first-order valence-corrected chi connectivity index (χ1v) is 13.2. The van der Waals surface area contributed by atoms with E-state index in [2.05, 4.69) is 23.5 Å². The molecule has 1 aromatic rings. The van der Waals surface area contributed by atoms with Gasteiger partial charge in [-0.25, -0.2) is 4.67 Å². The van der Waals surface area contributed by atoms with Crippen molar-refractivity contribution in [1.29, 1.82) is 0 Å². The molecule has 35 heavy (non-hydrogen) atoms. The molecular formula is C24H31N4O6P. The monoisotopic (exact) mass is 502 g/mol. The van der Waals surface area contributed by atoms with Gasteiger partial charge >= 0.3 is 0 Å². The Morgan fingerprint density at radius 1 is 1.31 bits per heavy atom. The molecule has 0 bridgehead atoms. The Hall–Kier alpha value is -2.36. The Kier molecular flexibility index (Phi) is 6.92. The standard InChI is InChI=1S/C24H31N4O6P/c1-4-20-22(13-23(32-20)26-14-15(2)24(29)25-16(26)3)34-35-27-11-5-6-19(27)21(33-35)12-17-7-9-18(10-8-17)28(30)31/h7-10,14,19-23H,3-6,11-13H2,1-2H3,(H,25,29)/t19-,20-,21+,22-,23-,35+/m1/s1. The van der Waals surface area contributed by atoms with Crippen molar-refractivity contribution < 1.29 is 23.5 Å². The van der Waals surface area contributed by atoms with Gasteiger partial charge in [-0.05, 0) is 31.7 Å². The van der Waals surface area contributed by atoms with E-state index in [9.17, 15) is 14.9 Å².